The summed E-state index contributed by atoms with van der Waals surface area (Å²) in [5.74, 6) is -0.346. The average molecular weight is 467 g/mol. The van der Waals surface area contributed by atoms with Crippen LogP contribution in [0.4, 0.5) is 5.00 Å². The molecule has 0 bridgehead atoms. The van der Waals surface area contributed by atoms with Gasteiger partial charge in [0.05, 0.1) is 12.2 Å². The molecule has 1 aromatic carbocycles. The normalized spacial score (nSPS) is 10.9. The first-order chi connectivity index (χ1) is 15.5. The van der Waals surface area contributed by atoms with Crippen molar-refractivity contribution in [2.75, 3.05) is 17.7 Å². The average Bonchev–Trinajstić information content (AvgIpc) is 3.30. The van der Waals surface area contributed by atoms with Gasteiger partial charge in [0.2, 0.25) is 11.1 Å². The first kappa shape index (κ1) is 21.7. The highest BCUT2D eigenvalue weighted by molar-refractivity contribution is 7.99. The van der Waals surface area contributed by atoms with Gasteiger partial charge in [-0.15, -0.1) is 21.5 Å². The van der Waals surface area contributed by atoms with Crippen LogP contribution in [0.5, 0.6) is 0 Å². The minimum absolute atomic E-state index is 0.176. The van der Waals surface area contributed by atoms with Gasteiger partial charge in [-0.3, -0.25) is 4.79 Å². The number of ether oxygens (including phenoxy) is 1. The molecule has 0 aliphatic carbocycles. The van der Waals surface area contributed by atoms with Crippen molar-refractivity contribution in [1.29, 1.82) is 5.26 Å². The van der Waals surface area contributed by atoms with Crippen LogP contribution in [0.15, 0.2) is 29.4 Å². The van der Waals surface area contributed by atoms with Crippen molar-refractivity contribution in [2.24, 2.45) is 0 Å². The Morgan fingerprint density at radius 3 is 2.91 bits per heavy atom. The smallest absolute Gasteiger partial charge is 0.348 e. The van der Waals surface area contributed by atoms with Gasteiger partial charge in [-0.2, -0.15) is 5.26 Å². The highest BCUT2D eigenvalue weighted by Crippen LogP contribution is 2.33. The van der Waals surface area contributed by atoms with E-state index >= 15 is 0 Å². The maximum Gasteiger partial charge on any atom is 0.348 e. The summed E-state index contributed by atoms with van der Waals surface area (Å²) in [6, 6.07) is 9.82. The van der Waals surface area contributed by atoms with Crippen LogP contribution in [0, 0.1) is 18.3 Å². The molecule has 0 unspecified atom stereocenters. The maximum absolute atomic E-state index is 12.4. The largest absolute Gasteiger partial charge is 0.462 e. The zero-order valence-corrected chi connectivity index (χ0v) is 18.9. The highest BCUT2D eigenvalue weighted by atomic mass is 32.2. The number of hydrogen-bond donors (Lipinski definition) is 2. The number of thiophene rings is 1. The number of carbonyl (C=O) groups excluding carboxylic acids is 2. The van der Waals surface area contributed by atoms with Gasteiger partial charge in [0.1, 0.15) is 21.5 Å². The number of anilines is 1. The summed E-state index contributed by atoms with van der Waals surface area (Å²) in [7, 11) is 0. The molecule has 2 N–H and O–H groups in total. The number of aromatic amines is 1. The van der Waals surface area contributed by atoms with Crippen molar-refractivity contribution in [3.05, 3.63) is 40.3 Å². The number of benzene rings is 1. The van der Waals surface area contributed by atoms with E-state index in [0.29, 0.717) is 37.5 Å². The number of aromatic nitrogens is 4. The van der Waals surface area contributed by atoms with E-state index in [4.69, 9.17) is 4.74 Å². The number of thioether (sulfide) groups is 1. The van der Waals surface area contributed by atoms with Crippen molar-refractivity contribution in [1.82, 2.24) is 20.2 Å². The summed E-state index contributed by atoms with van der Waals surface area (Å²) in [5.41, 5.74) is 3.07. The van der Waals surface area contributed by atoms with Crippen molar-refractivity contribution in [3.8, 4) is 6.07 Å². The molecule has 0 spiro atoms. The lowest BCUT2D eigenvalue weighted by atomic mass is 10.2. The summed E-state index contributed by atoms with van der Waals surface area (Å²) in [4.78, 5) is 32.5. The van der Waals surface area contributed by atoms with Gasteiger partial charge in [0.25, 0.3) is 0 Å². The molecule has 9 nitrogen and oxygen atoms in total. The van der Waals surface area contributed by atoms with E-state index in [1.807, 2.05) is 30.3 Å². The molecule has 32 heavy (non-hydrogen) atoms. The van der Waals surface area contributed by atoms with Crippen LogP contribution in [0.3, 0.4) is 0 Å². The third-order valence-corrected chi connectivity index (χ3v) is 6.66. The number of nitrogens with one attached hydrogen (secondary N) is 2. The quantitative estimate of drug-likeness (QED) is 0.308. The van der Waals surface area contributed by atoms with Crippen LogP contribution in [-0.4, -0.2) is 44.4 Å². The Kier molecular flexibility index (Phi) is 6.34. The number of hydrogen-bond acceptors (Lipinski definition) is 9. The van der Waals surface area contributed by atoms with Crippen LogP contribution < -0.4 is 5.32 Å². The Hall–Kier alpha value is -3.49. The van der Waals surface area contributed by atoms with E-state index in [0.717, 1.165) is 22.2 Å². The first-order valence-corrected chi connectivity index (χ1v) is 11.6. The van der Waals surface area contributed by atoms with Crippen molar-refractivity contribution in [3.63, 3.8) is 0 Å². The minimum Gasteiger partial charge on any atom is -0.462 e. The summed E-state index contributed by atoms with van der Waals surface area (Å²) in [5, 5.41) is 22.3. The molecule has 3 aromatic heterocycles. The molecule has 0 atom stereocenters. The Bertz CT molecular complexity index is 1370. The summed E-state index contributed by atoms with van der Waals surface area (Å²) in [6.07, 6.45) is 0.176. The van der Waals surface area contributed by atoms with Gasteiger partial charge in [-0.25, -0.2) is 9.78 Å². The Morgan fingerprint density at radius 1 is 1.31 bits per heavy atom. The Balaban J connectivity index is 1.39. The third-order valence-electron chi connectivity index (χ3n) is 4.64. The highest BCUT2D eigenvalue weighted by Gasteiger charge is 2.22. The number of para-hydroxylation sites is 1. The van der Waals surface area contributed by atoms with Gasteiger partial charge < -0.3 is 15.0 Å². The third kappa shape index (κ3) is 4.28. The summed E-state index contributed by atoms with van der Waals surface area (Å²) in [6.45, 7) is 3.61. The van der Waals surface area contributed by atoms with Gasteiger partial charge >= 0.3 is 5.97 Å². The molecule has 3 heterocycles. The second-order valence-corrected chi connectivity index (χ2v) is 8.78. The number of nitrogens with zero attached hydrogens (tertiary/aromatic N) is 4. The second kappa shape index (κ2) is 9.33. The van der Waals surface area contributed by atoms with Crippen molar-refractivity contribution < 1.29 is 14.3 Å². The van der Waals surface area contributed by atoms with Gasteiger partial charge in [0, 0.05) is 23.1 Å². The molecule has 4 rings (SSSR count). The van der Waals surface area contributed by atoms with Crippen LogP contribution >= 0.6 is 23.1 Å². The number of H-pyrrole nitrogens is 1. The maximum atomic E-state index is 12.4. The number of rotatable bonds is 7. The predicted molar refractivity (Wildman–Crippen MR) is 123 cm³/mol. The number of fused-ring (bicyclic) bond motifs is 3. The number of nitriles is 1. The lowest BCUT2D eigenvalue weighted by Crippen LogP contribution is -2.12. The zero-order valence-electron chi connectivity index (χ0n) is 17.3. The molecule has 11 heteroatoms. The van der Waals surface area contributed by atoms with Gasteiger partial charge in [-0.1, -0.05) is 30.0 Å². The van der Waals surface area contributed by atoms with Crippen molar-refractivity contribution >= 4 is 62.0 Å². The Labute approximate surface area is 191 Å². The Morgan fingerprint density at radius 2 is 2.12 bits per heavy atom. The molecule has 0 saturated carbocycles. The molecule has 1 amide bonds. The van der Waals surface area contributed by atoms with Gasteiger partial charge in [0.15, 0.2) is 5.65 Å². The van der Waals surface area contributed by atoms with E-state index in [1.54, 1.807) is 13.8 Å². The second-order valence-electron chi connectivity index (χ2n) is 6.70. The number of esters is 1. The van der Waals surface area contributed by atoms with Crippen LogP contribution in [0.2, 0.25) is 0 Å². The fourth-order valence-electron chi connectivity index (χ4n) is 3.12. The number of carbonyl (C=O) groups is 2. The van der Waals surface area contributed by atoms with Crippen LogP contribution in [0.1, 0.15) is 34.1 Å². The number of amides is 1. The van der Waals surface area contributed by atoms with E-state index in [9.17, 15) is 14.9 Å². The minimum atomic E-state index is -0.500. The SMILES string of the molecule is CCOC(=O)c1sc(NC(=O)CCSc2nnc3c(n2)[nH]c2ccccc23)c(C#N)c1C. The predicted octanol–water partition coefficient (Wildman–Crippen LogP) is 4.05. The summed E-state index contributed by atoms with van der Waals surface area (Å²) >= 11 is 2.36. The van der Waals surface area contributed by atoms with E-state index in [2.05, 4.69) is 25.5 Å². The molecular weight excluding hydrogens is 448 g/mol. The fourth-order valence-corrected chi connectivity index (χ4v) is 4.91. The van der Waals surface area contributed by atoms with Crippen LogP contribution in [-0.2, 0) is 9.53 Å². The lowest BCUT2D eigenvalue weighted by Gasteiger charge is -2.03. The van der Waals surface area contributed by atoms with E-state index < -0.39 is 5.97 Å². The first-order valence-electron chi connectivity index (χ1n) is 9.76. The van der Waals surface area contributed by atoms with Crippen LogP contribution in [0.25, 0.3) is 22.1 Å². The molecule has 0 fully saturated rings. The lowest BCUT2D eigenvalue weighted by molar-refractivity contribution is -0.115. The molecule has 0 aliphatic rings. The molecule has 4 aromatic rings. The van der Waals surface area contributed by atoms with Gasteiger partial charge in [-0.05, 0) is 25.5 Å². The molecule has 0 radical (unpaired) electrons. The fraction of sp³-hybridized carbons (Fsp3) is 0.238. The summed E-state index contributed by atoms with van der Waals surface area (Å²) < 4.78 is 5.01. The van der Waals surface area contributed by atoms with E-state index in [-0.39, 0.29) is 24.5 Å². The standard InChI is InChI=1S/C21H18N6O3S2/c1-3-30-20(29)17-11(2)13(10-22)19(32-17)24-15(28)8-9-31-21-25-18-16(26-27-21)12-6-4-5-7-14(12)23-18/h4-7H,3,8-9H2,1-2H3,(H,24,28)(H,23,25,27). The monoisotopic (exact) mass is 466 g/mol. The molecule has 0 saturated heterocycles. The molecule has 162 valence electrons. The topological polar surface area (TPSA) is 134 Å². The molecule has 0 aliphatic heterocycles. The zero-order chi connectivity index (χ0) is 22.7. The van der Waals surface area contributed by atoms with E-state index in [1.165, 1.54) is 11.8 Å². The van der Waals surface area contributed by atoms with Crippen molar-refractivity contribution in [2.45, 2.75) is 25.4 Å². The molecular formula is C21H18N6O3S2.